The zero-order chi connectivity index (χ0) is 18.1. The Morgan fingerprint density at radius 3 is 2.56 bits per heavy atom. The molecule has 0 aromatic carbocycles. The van der Waals surface area contributed by atoms with Crippen molar-refractivity contribution in [1.82, 2.24) is 0 Å². The van der Waals surface area contributed by atoms with Gasteiger partial charge in [-0.3, -0.25) is 4.79 Å². The lowest BCUT2D eigenvalue weighted by Crippen LogP contribution is -2.60. The summed E-state index contributed by atoms with van der Waals surface area (Å²) in [7, 11) is 0. The summed E-state index contributed by atoms with van der Waals surface area (Å²) < 4.78 is 0. The summed E-state index contributed by atoms with van der Waals surface area (Å²) in [6.07, 6.45) is 5.95. The molecule has 4 heteroatoms. The molecule has 0 spiro atoms. The Morgan fingerprint density at radius 1 is 1.16 bits per heavy atom. The van der Waals surface area contributed by atoms with Crippen molar-refractivity contribution in [3.63, 3.8) is 0 Å². The van der Waals surface area contributed by atoms with Crippen molar-refractivity contribution in [2.24, 2.45) is 28.6 Å². The molecule has 2 fully saturated rings. The average molecular weight is 346 g/mol. The Balaban J connectivity index is 1.75. The van der Waals surface area contributed by atoms with E-state index < -0.39 is 23.7 Å². The number of aliphatic hydroxyl groups excluding tert-OH is 3. The Hall–Kier alpha value is -0.970. The molecule has 4 aliphatic carbocycles. The summed E-state index contributed by atoms with van der Waals surface area (Å²) in [4.78, 5) is 12.1. The third kappa shape index (κ3) is 2.20. The van der Waals surface area contributed by atoms with E-state index in [9.17, 15) is 20.1 Å². The Bertz CT molecular complexity index is 665. The number of hydrogen-bond acceptors (Lipinski definition) is 4. The minimum atomic E-state index is -0.629. The van der Waals surface area contributed by atoms with E-state index in [1.165, 1.54) is 0 Å². The van der Waals surface area contributed by atoms with Crippen LogP contribution in [0.4, 0.5) is 0 Å². The van der Waals surface area contributed by atoms with Crippen molar-refractivity contribution in [3.8, 4) is 0 Å². The number of aliphatic hydroxyl groups is 3. The normalized spacial score (nSPS) is 51.8. The molecule has 8 atom stereocenters. The molecule has 0 saturated heterocycles. The van der Waals surface area contributed by atoms with Gasteiger partial charge in [0.25, 0.3) is 0 Å². The summed E-state index contributed by atoms with van der Waals surface area (Å²) in [5.74, 6) is 0.719. The van der Waals surface area contributed by atoms with Gasteiger partial charge in [-0.25, -0.2) is 0 Å². The SMILES string of the molecule is CC(=O)C1=CC[C@@H]2[C@H]3CC=C4C[C@@H](O)C[C@H](O)[C@]4(C)[C@@H]3[C@@H](O)C[C@@]12C. The molecule has 0 bridgehead atoms. The van der Waals surface area contributed by atoms with Crippen molar-refractivity contribution in [1.29, 1.82) is 0 Å². The molecule has 0 heterocycles. The quantitative estimate of drug-likeness (QED) is 0.637. The second-order valence-corrected chi connectivity index (χ2v) is 9.25. The molecule has 4 aliphatic rings. The number of rotatable bonds is 1. The summed E-state index contributed by atoms with van der Waals surface area (Å²) in [5.41, 5.74) is 1.27. The van der Waals surface area contributed by atoms with Gasteiger partial charge in [0.2, 0.25) is 0 Å². The van der Waals surface area contributed by atoms with Gasteiger partial charge in [0, 0.05) is 17.3 Å². The third-order valence-electron chi connectivity index (χ3n) is 8.08. The lowest BCUT2D eigenvalue weighted by atomic mass is 9.46. The van der Waals surface area contributed by atoms with Crippen LogP contribution in [-0.2, 0) is 4.79 Å². The van der Waals surface area contributed by atoms with Crippen LogP contribution in [0.15, 0.2) is 23.3 Å². The lowest BCUT2D eigenvalue weighted by Gasteiger charge is -2.60. The van der Waals surface area contributed by atoms with Gasteiger partial charge in [0.05, 0.1) is 18.3 Å². The highest BCUT2D eigenvalue weighted by atomic mass is 16.3. The van der Waals surface area contributed by atoms with Crippen LogP contribution in [-0.4, -0.2) is 39.4 Å². The average Bonchev–Trinajstić information content (AvgIpc) is 2.85. The minimum absolute atomic E-state index is 0.00668. The highest BCUT2D eigenvalue weighted by Crippen LogP contribution is 2.64. The molecule has 0 amide bonds. The van der Waals surface area contributed by atoms with E-state index in [2.05, 4.69) is 26.0 Å². The first-order valence-corrected chi connectivity index (χ1v) is 9.65. The second-order valence-electron chi connectivity index (χ2n) is 9.25. The second kappa shape index (κ2) is 5.51. The van der Waals surface area contributed by atoms with Crippen LogP contribution < -0.4 is 0 Å². The summed E-state index contributed by atoms with van der Waals surface area (Å²) in [6, 6.07) is 0. The van der Waals surface area contributed by atoms with Crippen molar-refractivity contribution in [3.05, 3.63) is 23.3 Å². The lowest BCUT2D eigenvalue weighted by molar-refractivity contribution is -0.148. The largest absolute Gasteiger partial charge is 0.393 e. The Labute approximate surface area is 149 Å². The molecular weight excluding hydrogens is 316 g/mol. The molecule has 0 unspecified atom stereocenters. The van der Waals surface area contributed by atoms with Crippen LogP contribution in [0.25, 0.3) is 0 Å². The first kappa shape index (κ1) is 17.4. The van der Waals surface area contributed by atoms with Crippen molar-refractivity contribution < 1.29 is 20.1 Å². The topological polar surface area (TPSA) is 77.8 Å². The van der Waals surface area contributed by atoms with E-state index in [0.29, 0.717) is 25.2 Å². The van der Waals surface area contributed by atoms with Crippen molar-refractivity contribution in [2.45, 2.75) is 71.2 Å². The number of allylic oxidation sites excluding steroid dienone is 3. The maximum Gasteiger partial charge on any atom is 0.156 e. The van der Waals surface area contributed by atoms with Gasteiger partial charge in [-0.15, -0.1) is 0 Å². The highest BCUT2D eigenvalue weighted by molar-refractivity contribution is 5.95. The Kier molecular flexibility index (Phi) is 3.85. The number of hydrogen-bond donors (Lipinski definition) is 3. The van der Waals surface area contributed by atoms with E-state index in [-0.39, 0.29) is 23.0 Å². The van der Waals surface area contributed by atoms with E-state index >= 15 is 0 Å². The standard InChI is InChI=1S/C21H30O4/c1-11(22)15-6-7-16-14-5-4-12-8-13(23)9-18(25)21(12,3)19(14)17(24)10-20(15,16)2/h4,6,13-14,16-19,23-25H,5,7-10H2,1-3H3/t13-,14-,16-,17+,18+,19+,20+,21-/m1/s1. The zero-order valence-electron chi connectivity index (χ0n) is 15.4. The molecule has 0 aromatic heterocycles. The molecule has 4 nitrogen and oxygen atoms in total. The predicted molar refractivity (Wildman–Crippen MR) is 94.6 cm³/mol. The van der Waals surface area contributed by atoms with E-state index in [0.717, 1.165) is 24.0 Å². The van der Waals surface area contributed by atoms with Gasteiger partial charge in [-0.1, -0.05) is 31.6 Å². The molecule has 3 N–H and O–H groups in total. The smallest absolute Gasteiger partial charge is 0.156 e. The Morgan fingerprint density at radius 2 is 1.88 bits per heavy atom. The van der Waals surface area contributed by atoms with E-state index in [1.807, 2.05) is 0 Å². The first-order chi connectivity index (χ1) is 11.7. The number of fused-ring (bicyclic) bond motifs is 5. The molecular formula is C21H30O4. The number of carbonyl (C=O) groups is 1. The molecule has 0 aromatic rings. The third-order valence-corrected chi connectivity index (χ3v) is 8.08. The maximum absolute atomic E-state index is 12.1. The number of carbonyl (C=O) groups excluding carboxylic acids is 1. The highest BCUT2D eigenvalue weighted by Gasteiger charge is 2.62. The molecule has 0 radical (unpaired) electrons. The maximum atomic E-state index is 12.1. The monoisotopic (exact) mass is 346 g/mol. The van der Waals surface area contributed by atoms with Crippen LogP contribution in [0.2, 0.25) is 0 Å². The summed E-state index contributed by atoms with van der Waals surface area (Å²) >= 11 is 0. The molecule has 25 heavy (non-hydrogen) atoms. The van der Waals surface area contributed by atoms with Gasteiger partial charge in [-0.05, 0) is 55.9 Å². The zero-order valence-corrected chi connectivity index (χ0v) is 15.4. The summed E-state index contributed by atoms with van der Waals surface area (Å²) in [5, 5.41) is 32.1. The van der Waals surface area contributed by atoms with Gasteiger partial charge < -0.3 is 15.3 Å². The summed E-state index contributed by atoms with van der Waals surface area (Å²) in [6.45, 7) is 5.84. The van der Waals surface area contributed by atoms with Crippen LogP contribution in [0.3, 0.4) is 0 Å². The first-order valence-electron chi connectivity index (χ1n) is 9.65. The fourth-order valence-corrected chi connectivity index (χ4v) is 6.94. The van der Waals surface area contributed by atoms with Gasteiger partial charge >= 0.3 is 0 Å². The van der Waals surface area contributed by atoms with Crippen LogP contribution in [0.1, 0.15) is 52.9 Å². The molecule has 138 valence electrons. The van der Waals surface area contributed by atoms with E-state index in [1.54, 1.807) is 6.92 Å². The van der Waals surface area contributed by atoms with Gasteiger partial charge in [0.15, 0.2) is 5.78 Å². The van der Waals surface area contributed by atoms with Crippen molar-refractivity contribution in [2.75, 3.05) is 0 Å². The van der Waals surface area contributed by atoms with Crippen LogP contribution >= 0.6 is 0 Å². The van der Waals surface area contributed by atoms with Crippen LogP contribution in [0, 0.1) is 28.6 Å². The van der Waals surface area contributed by atoms with E-state index in [4.69, 9.17) is 0 Å². The molecule has 2 saturated carbocycles. The fourth-order valence-electron chi connectivity index (χ4n) is 6.94. The molecule has 4 rings (SSSR count). The van der Waals surface area contributed by atoms with Gasteiger partial charge in [-0.2, -0.15) is 0 Å². The van der Waals surface area contributed by atoms with Crippen LogP contribution in [0.5, 0.6) is 0 Å². The van der Waals surface area contributed by atoms with Gasteiger partial charge in [0.1, 0.15) is 0 Å². The van der Waals surface area contributed by atoms with Crippen molar-refractivity contribution >= 4 is 5.78 Å². The fraction of sp³-hybridized carbons (Fsp3) is 0.762. The number of ketones is 1. The molecule has 0 aliphatic heterocycles. The number of Topliss-reactive ketones (excluding diaryl/α,β-unsaturated/α-hetero) is 1. The predicted octanol–water partition coefficient (Wildman–Crippen LogP) is 2.38. The minimum Gasteiger partial charge on any atom is -0.393 e.